The van der Waals surface area contributed by atoms with Crippen LogP contribution >= 0.6 is 21.6 Å². The van der Waals surface area contributed by atoms with Crippen molar-refractivity contribution in [3.05, 3.63) is 60.2 Å². The van der Waals surface area contributed by atoms with E-state index in [2.05, 4.69) is 31.9 Å². The van der Waals surface area contributed by atoms with Gasteiger partial charge in [0, 0.05) is 38.4 Å². The topological polar surface area (TPSA) is 75.8 Å². The van der Waals surface area contributed by atoms with Crippen LogP contribution in [-0.4, -0.2) is 45.5 Å². The zero-order valence-corrected chi connectivity index (χ0v) is 25.2. The van der Waals surface area contributed by atoms with E-state index in [9.17, 15) is 9.59 Å². The third-order valence-corrected chi connectivity index (χ3v) is 8.93. The molecule has 2 heterocycles. The highest BCUT2D eigenvalue weighted by Crippen LogP contribution is 2.19. The van der Waals surface area contributed by atoms with Crippen LogP contribution in [-0.2, 0) is 36.8 Å². The van der Waals surface area contributed by atoms with Crippen molar-refractivity contribution in [1.29, 1.82) is 0 Å². The number of halogens is 2. The second kappa shape index (κ2) is 14.7. The molecule has 8 nitrogen and oxygen atoms in total. The van der Waals surface area contributed by atoms with Crippen molar-refractivity contribution in [3.63, 3.8) is 0 Å². The van der Waals surface area contributed by atoms with Crippen LogP contribution in [0.2, 0.25) is 0 Å². The number of nitrogens with one attached hydrogen (secondary N) is 2. The number of hydrogen-bond acceptors (Lipinski definition) is 4. The number of hydrogen-bond donors (Lipinski definition) is 2. The van der Waals surface area contributed by atoms with Crippen LogP contribution in [0.1, 0.15) is 11.6 Å². The molecule has 0 aliphatic rings. The van der Waals surface area contributed by atoms with E-state index >= 15 is 0 Å². The SMILES string of the molecule is Cc1n(CC(=O)NCCSSCCNC(=O)Cn2c(C)[n+](C)c3ccccc32)c2ccccc2[n+]1C.[Cl-].[Cl-]. The average Bonchev–Trinajstić information content (AvgIpc) is 3.26. The van der Waals surface area contributed by atoms with Crippen LogP contribution in [0.4, 0.5) is 0 Å². The maximum Gasteiger partial charge on any atom is 0.262 e. The van der Waals surface area contributed by atoms with Crippen molar-refractivity contribution in [3.8, 4) is 0 Å². The highest BCUT2D eigenvalue weighted by molar-refractivity contribution is 8.76. The summed E-state index contributed by atoms with van der Waals surface area (Å²) < 4.78 is 8.31. The van der Waals surface area contributed by atoms with Gasteiger partial charge in [-0.25, -0.2) is 18.3 Å². The maximum absolute atomic E-state index is 12.5. The molecule has 38 heavy (non-hydrogen) atoms. The van der Waals surface area contributed by atoms with Crippen molar-refractivity contribution in [2.24, 2.45) is 14.1 Å². The van der Waals surface area contributed by atoms with Crippen LogP contribution < -0.4 is 44.6 Å². The Hall–Kier alpha value is -2.40. The fourth-order valence-electron chi connectivity index (χ4n) is 4.39. The summed E-state index contributed by atoms with van der Waals surface area (Å²) in [5, 5.41) is 6.03. The van der Waals surface area contributed by atoms with Gasteiger partial charge in [-0.1, -0.05) is 45.9 Å². The molecule has 12 heteroatoms. The van der Waals surface area contributed by atoms with E-state index in [4.69, 9.17) is 0 Å². The molecule has 2 aromatic carbocycles. The summed E-state index contributed by atoms with van der Waals surface area (Å²) in [5.41, 5.74) is 4.36. The van der Waals surface area contributed by atoms with Gasteiger partial charge >= 0.3 is 0 Å². The van der Waals surface area contributed by atoms with E-state index in [-0.39, 0.29) is 36.6 Å². The molecule has 0 aliphatic carbocycles. The molecule has 0 bridgehead atoms. The molecule has 0 spiro atoms. The molecular weight excluding hydrogens is 563 g/mol. The molecular formula is C26H34Cl2N6O2S2. The van der Waals surface area contributed by atoms with E-state index in [0.717, 1.165) is 45.2 Å². The molecule has 0 saturated carbocycles. The van der Waals surface area contributed by atoms with Gasteiger partial charge in [0.25, 0.3) is 23.5 Å². The van der Waals surface area contributed by atoms with E-state index in [1.54, 1.807) is 21.6 Å². The Bertz CT molecular complexity index is 1300. The number of benzene rings is 2. The highest BCUT2D eigenvalue weighted by Gasteiger charge is 2.21. The summed E-state index contributed by atoms with van der Waals surface area (Å²) in [6.07, 6.45) is 0. The van der Waals surface area contributed by atoms with Gasteiger partial charge < -0.3 is 35.4 Å². The molecule has 0 radical (unpaired) electrons. The van der Waals surface area contributed by atoms with Gasteiger partial charge in [0.15, 0.2) is 35.2 Å². The van der Waals surface area contributed by atoms with Crippen molar-refractivity contribution >= 4 is 55.5 Å². The van der Waals surface area contributed by atoms with Crippen LogP contribution in [0.25, 0.3) is 22.1 Å². The molecule has 0 unspecified atom stereocenters. The number of imidazole rings is 2. The third-order valence-electron chi connectivity index (χ3n) is 6.52. The predicted octanol–water partition coefficient (Wildman–Crippen LogP) is -3.82. The first-order valence-electron chi connectivity index (χ1n) is 12.0. The van der Waals surface area contributed by atoms with Crippen LogP contribution in [0.3, 0.4) is 0 Å². The Morgan fingerprint density at radius 2 is 1.08 bits per heavy atom. The van der Waals surface area contributed by atoms with E-state index in [0.29, 0.717) is 26.2 Å². The summed E-state index contributed by atoms with van der Waals surface area (Å²) in [5.74, 6) is 3.75. The Labute approximate surface area is 243 Å². The molecule has 0 saturated heterocycles. The van der Waals surface area contributed by atoms with Crippen LogP contribution in [0.15, 0.2) is 48.5 Å². The quantitative estimate of drug-likeness (QED) is 0.106. The highest BCUT2D eigenvalue weighted by atomic mass is 35.5. The molecule has 2 N–H and O–H groups in total. The summed E-state index contributed by atoms with van der Waals surface area (Å²) in [4.78, 5) is 25.0. The smallest absolute Gasteiger partial charge is 0.262 e. The van der Waals surface area contributed by atoms with E-state index in [1.165, 1.54) is 0 Å². The fourth-order valence-corrected chi connectivity index (χ4v) is 6.21. The normalized spacial score (nSPS) is 10.7. The number of amides is 2. The number of carbonyl (C=O) groups is 2. The maximum atomic E-state index is 12.5. The lowest BCUT2D eigenvalue weighted by molar-refractivity contribution is -0.652. The van der Waals surface area contributed by atoms with Gasteiger partial charge in [-0.3, -0.25) is 9.59 Å². The lowest BCUT2D eigenvalue weighted by Gasteiger charge is -2.06. The van der Waals surface area contributed by atoms with Crippen molar-refractivity contribution in [2.75, 3.05) is 24.6 Å². The van der Waals surface area contributed by atoms with Crippen molar-refractivity contribution in [1.82, 2.24) is 19.8 Å². The lowest BCUT2D eigenvalue weighted by Crippen LogP contribution is -3.00. The van der Waals surface area contributed by atoms with Gasteiger partial charge in [-0.05, 0) is 24.3 Å². The molecule has 2 aromatic heterocycles. The molecule has 0 atom stereocenters. The minimum absolute atomic E-state index is 0. The van der Waals surface area contributed by atoms with Crippen LogP contribution in [0.5, 0.6) is 0 Å². The van der Waals surface area contributed by atoms with E-state index < -0.39 is 0 Å². The second-order valence-electron chi connectivity index (χ2n) is 8.71. The number of rotatable bonds is 11. The first-order chi connectivity index (χ1) is 17.4. The van der Waals surface area contributed by atoms with Crippen molar-refractivity contribution < 1.29 is 43.5 Å². The zero-order chi connectivity index (χ0) is 25.7. The minimum atomic E-state index is 0. The van der Waals surface area contributed by atoms with Gasteiger partial charge in [0.2, 0.25) is 0 Å². The molecule has 0 fully saturated rings. The van der Waals surface area contributed by atoms with Gasteiger partial charge in [0.1, 0.15) is 0 Å². The molecule has 206 valence electrons. The Balaban J connectivity index is 0.00000253. The monoisotopic (exact) mass is 596 g/mol. The minimum Gasteiger partial charge on any atom is -1.00 e. The lowest BCUT2D eigenvalue weighted by atomic mass is 10.3. The Kier molecular flexibility index (Phi) is 12.3. The van der Waals surface area contributed by atoms with Gasteiger partial charge in [-0.15, -0.1) is 0 Å². The largest absolute Gasteiger partial charge is 1.00 e. The number of para-hydroxylation sites is 4. The fraction of sp³-hybridized carbons (Fsp3) is 0.385. The number of carbonyl (C=O) groups excluding carboxylic acids is 2. The summed E-state index contributed by atoms with van der Waals surface area (Å²) in [6, 6.07) is 16.2. The first-order valence-corrected chi connectivity index (χ1v) is 14.5. The second-order valence-corrected chi connectivity index (χ2v) is 11.4. The Morgan fingerprint density at radius 3 is 1.47 bits per heavy atom. The zero-order valence-electron chi connectivity index (χ0n) is 22.0. The van der Waals surface area contributed by atoms with Gasteiger partial charge in [0.05, 0.1) is 14.1 Å². The third kappa shape index (κ3) is 7.16. The van der Waals surface area contributed by atoms with Crippen molar-refractivity contribution in [2.45, 2.75) is 26.9 Å². The summed E-state index contributed by atoms with van der Waals surface area (Å²) in [7, 11) is 7.45. The van der Waals surface area contributed by atoms with Crippen LogP contribution in [0, 0.1) is 13.8 Å². The average molecular weight is 598 g/mol. The number of nitrogens with zero attached hydrogens (tertiary/aromatic N) is 4. The summed E-state index contributed by atoms with van der Waals surface area (Å²) >= 11 is 0. The number of aromatic nitrogens is 4. The standard InChI is InChI=1S/C26H32N6O2S2.2ClH/c1-19-29(3)21-9-5-7-11-23(21)31(19)17-25(33)27-13-15-35-36-16-14-28-26(34)18-32-20(2)30(4)22-10-6-8-12-24(22)32;;/h5-12H,13-18H2,1-4H3;2*1H. The Morgan fingerprint density at radius 1 is 0.711 bits per heavy atom. The predicted molar refractivity (Wildman–Crippen MR) is 147 cm³/mol. The summed E-state index contributed by atoms with van der Waals surface area (Å²) in [6.45, 7) is 5.91. The molecule has 4 aromatic rings. The number of aryl methyl sites for hydroxylation is 2. The molecule has 0 aliphatic heterocycles. The van der Waals surface area contributed by atoms with Gasteiger partial charge in [-0.2, -0.15) is 0 Å². The van der Waals surface area contributed by atoms with E-state index in [1.807, 2.05) is 73.5 Å². The molecule has 4 rings (SSSR count). The first kappa shape index (κ1) is 31.8. The molecule has 2 amide bonds. The number of fused-ring (bicyclic) bond motifs is 2.